The minimum atomic E-state index is -0.279. The number of ketones is 1. The largest absolute Gasteiger partial charge is 0.309 e. The summed E-state index contributed by atoms with van der Waals surface area (Å²) in [5, 5.41) is 0. The van der Waals surface area contributed by atoms with E-state index in [1.165, 1.54) is 167 Å². The summed E-state index contributed by atoms with van der Waals surface area (Å²) < 4.78 is 0. The number of aliphatic imine (C=N–C) groups is 1. The Labute approximate surface area is 301 Å². The van der Waals surface area contributed by atoms with Crippen LogP contribution in [0, 0.1) is 0 Å². The van der Waals surface area contributed by atoms with Crippen LogP contribution in [0.2, 0.25) is 0 Å². The second kappa shape index (κ2) is 31.7. The molecule has 1 unspecified atom stereocenters. The van der Waals surface area contributed by atoms with E-state index in [9.17, 15) is 4.79 Å². The molecular formula is C44H83N3O. The molecule has 0 radical (unpaired) electrons. The first-order chi connectivity index (χ1) is 23.5. The fourth-order valence-electron chi connectivity index (χ4n) is 7.38. The standard InChI is InChI=1S/C44H83N3O/c1-6-8-10-12-14-16-18-20-22-24-26-28-30-32-34-37-44(41-45-43(42(3)48)47(44)40-36-39-46(4)5)38-35-33-31-29-27-25-23-21-19-17-15-13-11-9-7-2/h20-23,41,43H,6-19,24-40H2,1-5H3/b22-20-,23-21-. The average molecular weight is 670 g/mol. The molecule has 4 heteroatoms. The summed E-state index contributed by atoms with van der Waals surface area (Å²) in [6.45, 7) is 8.33. The molecule has 48 heavy (non-hydrogen) atoms. The Bertz CT molecular complexity index is 776. The second-order valence-corrected chi connectivity index (χ2v) is 15.4. The van der Waals surface area contributed by atoms with Gasteiger partial charge in [-0.25, -0.2) is 0 Å². The number of nitrogens with zero attached hydrogens (tertiary/aromatic N) is 3. The molecule has 0 amide bonds. The van der Waals surface area contributed by atoms with Crippen LogP contribution >= 0.6 is 0 Å². The maximum atomic E-state index is 12.7. The molecule has 4 nitrogen and oxygen atoms in total. The van der Waals surface area contributed by atoms with Crippen LogP contribution in [-0.4, -0.2) is 60.7 Å². The minimum Gasteiger partial charge on any atom is -0.309 e. The van der Waals surface area contributed by atoms with Gasteiger partial charge in [0.1, 0.15) is 0 Å². The van der Waals surface area contributed by atoms with Gasteiger partial charge >= 0.3 is 0 Å². The third-order valence-electron chi connectivity index (χ3n) is 10.4. The third kappa shape index (κ3) is 23.2. The summed E-state index contributed by atoms with van der Waals surface area (Å²) in [5.41, 5.74) is -0.0405. The van der Waals surface area contributed by atoms with Crippen LogP contribution < -0.4 is 0 Å². The lowest BCUT2D eigenvalue weighted by Gasteiger charge is -2.40. The Morgan fingerprint density at radius 1 is 0.604 bits per heavy atom. The molecule has 0 bridgehead atoms. The van der Waals surface area contributed by atoms with Gasteiger partial charge in [0, 0.05) is 12.8 Å². The van der Waals surface area contributed by atoms with Gasteiger partial charge < -0.3 is 4.90 Å². The number of unbranched alkanes of at least 4 members (excludes halogenated alkanes) is 22. The molecule has 0 aromatic rings. The molecule has 0 saturated carbocycles. The van der Waals surface area contributed by atoms with Gasteiger partial charge in [-0.3, -0.25) is 14.7 Å². The molecule has 0 fully saturated rings. The zero-order valence-corrected chi connectivity index (χ0v) is 33.1. The van der Waals surface area contributed by atoms with Crippen LogP contribution in [0.25, 0.3) is 0 Å². The Morgan fingerprint density at radius 2 is 0.979 bits per heavy atom. The predicted octanol–water partition coefficient (Wildman–Crippen LogP) is 13.1. The normalized spacial score (nSPS) is 16.4. The van der Waals surface area contributed by atoms with Gasteiger partial charge in [-0.15, -0.1) is 0 Å². The molecule has 1 aliphatic heterocycles. The summed E-state index contributed by atoms with van der Waals surface area (Å²) in [5.74, 6) is 0.201. The topological polar surface area (TPSA) is 35.9 Å². The Kier molecular flexibility index (Phi) is 29.6. The lowest BCUT2D eigenvalue weighted by Crippen LogP contribution is -2.52. The first-order valence-corrected chi connectivity index (χ1v) is 21.2. The van der Waals surface area contributed by atoms with Crippen molar-refractivity contribution in [2.45, 2.75) is 219 Å². The van der Waals surface area contributed by atoms with E-state index >= 15 is 0 Å². The van der Waals surface area contributed by atoms with E-state index in [-0.39, 0.29) is 17.5 Å². The van der Waals surface area contributed by atoms with Crippen molar-refractivity contribution in [3.63, 3.8) is 0 Å². The number of carbonyl (C=O) groups excluding carboxylic acids is 1. The summed E-state index contributed by atoms with van der Waals surface area (Å²) >= 11 is 0. The van der Waals surface area contributed by atoms with Gasteiger partial charge in [0.05, 0.1) is 5.54 Å². The van der Waals surface area contributed by atoms with Crippen LogP contribution in [0.5, 0.6) is 0 Å². The van der Waals surface area contributed by atoms with Crippen molar-refractivity contribution in [1.82, 2.24) is 9.80 Å². The van der Waals surface area contributed by atoms with Crippen molar-refractivity contribution >= 4 is 12.0 Å². The number of carbonyl (C=O) groups is 1. The Balaban J connectivity index is 2.41. The third-order valence-corrected chi connectivity index (χ3v) is 10.4. The SMILES string of the molecule is CCCCCCCC/C=C\CCCCCCCC1(CCCCCCC/C=C\CCCCCCCC)C=NC(C(C)=O)N1CCCN(C)C. The summed E-state index contributed by atoms with van der Waals surface area (Å²) in [6, 6.07) is 0. The van der Waals surface area contributed by atoms with E-state index in [4.69, 9.17) is 4.99 Å². The van der Waals surface area contributed by atoms with Gasteiger partial charge in [-0.2, -0.15) is 0 Å². The maximum absolute atomic E-state index is 12.7. The lowest BCUT2D eigenvalue weighted by molar-refractivity contribution is -0.123. The number of hydrogen-bond donors (Lipinski definition) is 0. The van der Waals surface area contributed by atoms with Crippen LogP contribution in [-0.2, 0) is 4.79 Å². The number of hydrogen-bond acceptors (Lipinski definition) is 4. The first kappa shape index (κ1) is 44.8. The van der Waals surface area contributed by atoms with Gasteiger partial charge in [-0.05, 0) is 98.2 Å². The average Bonchev–Trinajstić information content (AvgIpc) is 3.42. The van der Waals surface area contributed by atoms with Gasteiger partial charge in [0.25, 0.3) is 0 Å². The molecule has 0 aromatic carbocycles. The highest BCUT2D eigenvalue weighted by atomic mass is 16.1. The summed E-state index contributed by atoms with van der Waals surface area (Å²) in [4.78, 5) is 22.3. The van der Waals surface area contributed by atoms with E-state index in [0.717, 1.165) is 32.4 Å². The van der Waals surface area contributed by atoms with Crippen molar-refractivity contribution in [3.8, 4) is 0 Å². The molecule has 0 aromatic heterocycles. The summed E-state index contributed by atoms with van der Waals surface area (Å²) in [7, 11) is 4.29. The zero-order chi connectivity index (χ0) is 35.0. The summed E-state index contributed by atoms with van der Waals surface area (Å²) in [6.07, 6.45) is 49.7. The Hall–Kier alpha value is -1.26. The highest BCUT2D eigenvalue weighted by Crippen LogP contribution is 2.35. The van der Waals surface area contributed by atoms with E-state index in [0.29, 0.717) is 0 Å². The maximum Gasteiger partial charge on any atom is 0.168 e. The molecule has 0 saturated heterocycles. The number of Topliss-reactive ketones (excluding diaryl/α,β-unsaturated/α-hetero) is 1. The zero-order valence-electron chi connectivity index (χ0n) is 33.1. The molecule has 1 heterocycles. The van der Waals surface area contributed by atoms with Crippen LogP contribution in [0.4, 0.5) is 0 Å². The van der Waals surface area contributed by atoms with E-state index < -0.39 is 0 Å². The van der Waals surface area contributed by atoms with E-state index in [1.54, 1.807) is 6.92 Å². The second-order valence-electron chi connectivity index (χ2n) is 15.4. The highest BCUT2D eigenvalue weighted by Gasteiger charge is 2.43. The Morgan fingerprint density at radius 3 is 1.35 bits per heavy atom. The van der Waals surface area contributed by atoms with Crippen LogP contribution in [0.1, 0.15) is 207 Å². The molecule has 280 valence electrons. The fraction of sp³-hybridized carbons (Fsp3) is 0.864. The number of allylic oxidation sites excluding steroid dienone is 4. The van der Waals surface area contributed by atoms with Crippen molar-refractivity contribution in [1.29, 1.82) is 0 Å². The van der Waals surface area contributed by atoms with Crippen LogP contribution in [0.3, 0.4) is 0 Å². The molecule has 1 rings (SSSR count). The monoisotopic (exact) mass is 670 g/mol. The molecule has 1 atom stereocenters. The van der Waals surface area contributed by atoms with Crippen molar-refractivity contribution in [2.24, 2.45) is 4.99 Å². The smallest absolute Gasteiger partial charge is 0.168 e. The number of rotatable bonds is 35. The predicted molar refractivity (Wildman–Crippen MR) is 214 cm³/mol. The van der Waals surface area contributed by atoms with Crippen molar-refractivity contribution in [2.75, 3.05) is 27.2 Å². The van der Waals surface area contributed by atoms with E-state index in [2.05, 4.69) is 68.3 Å². The first-order valence-electron chi connectivity index (χ1n) is 21.2. The van der Waals surface area contributed by atoms with Crippen molar-refractivity contribution < 1.29 is 4.79 Å². The minimum absolute atomic E-state index is 0.0405. The fourth-order valence-corrected chi connectivity index (χ4v) is 7.38. The molecule has 0 N–H and O–H groups in total. The quantitative estimate of drug-likeness (QED) is 0.0498. The molecule has 0 aliphatic carbocycles. The highest BCUT2D eigenvalue weighted by molar-refractivity contribution is 5.87. The molecular weight excluding hydrogens is 587 g/mol. The van der Waals surface area contributed by atoms with Gasteiger partial charge in [-0.1, -0.05) is 154 Å². The van der Waals surface area contributed by atoms with Crippen LogP contribution in [0.15, 0.2) is 29.3 Å². The molecule has 0 spiro atoms. The lowest BCUT2D eigenvalue weighted by atomic mass is 9.85. The molecule has 1 aliphatic rings. The van der Waals surface area contributed by atoms with Crippen molar-refractivity contribution in [3.05, 3.63) is 24.3 Å². The van der Waals surface area contributed by atoms with Gasteiger partial charge in [0.15, 0.2) is 11.9 Å². The van der Waals surface area contributed by atoms with E-state index in [1.807, 2.05) is 0 Å². The van der Waals surface area contributed by atoms with Gasteiger partial charge in [0.2, 0.25) is 0 Å².